The van der Waals surface area contributed by atoms with Crippen LogP contribution in [0.4, 0.5) is 11.4 Å². The molecule has 0 aliphatic carbocycles. The number of halogens is 1. The summed E-state index contributed by atoms with van der Waals surface area (Å²) in [5.74, 6) is 0.121. The summed E-state index contributed by atoms with van der Waals surface area (Å²) < 4.78 is 5.12. The molecule has 0 saturated carbocycles. The number of hydrogen-bond acceptors (Lipinski definition) is 3. The number of amides is 2. The maximum atomic E-state index is 12.4. The van der Waals surface area contributed by atoms with Crippen molar-refractivity contribution in [1.29, 1.82) is 0 Å². The fourth-order valence-corrected chi connectivity index (χ4v) is 2.80. The van der Waals surface area contributed by atoms with Crippen LogP contribution in [0.15, 0.2) is 48.5 Å². The fraction of sp³-hybridized carbons (Fsp3) is 0.222. The smallest absolute Gasteiger partial charge is 0.229 e. The fourth-order valence-electron chi connectivity index (χ4n) is 2.67. The Labute approximate surface area is 145 Å². The van der Waals surface area contributed by atoms with E-state index >= 15 is 0 Å². The van der Waals surface area contributed by atoms with E-state index in [9.17, 15) is 9.59 Å². The third kappa shape index (κ3) is 3.51. The molecule has 2 aromatic carbocycles. The molecule has 24 heavy (non-hydrogen) atoms. The van der Waals surface area contributed by atoms with Gasteiger partial charge in [0.15, 0.2) is 0 Å². The third-order valence-electron chi connectivity index (χ3n) is 3.99. The molecule has 0 bridgehead atoms. The van der Waals surface area contributed by atoms with Gasteiger partial charge in [-0.3, -0.25) is 9.59 Å². The molecule has 1 heterocycles. The molecule has 1 N–H and O–H groups in total. The van der Waals surface area contributed by atoms with Gasteiger partial charge in [-0.2, -0.15) is 0 Å². The van der Waals surface area contributed by atoms with E-state index in [0.717, 1.165) is 11.4 Å². The van der Waals surface area contributed by atoms with E-state index in [1.807, 2.05) is 12.1 Å². The van der Waals surface area contributed by atoms with Gasteiger partial charge in [0, 0.05) is 29.4 Å². The molecule has 1 aliphatic rings. The van der Waals surface area contributed by atoms with Crippen LogP contribution in [0.25, 0.3) is 0 Å². The molecule has 1 saturated heterocycles. The van der Waals surface area contributed by atoms with Gasteiger partial charge in [0.05, 0.1) is 13.0 Å². The molecule has 1 atom stereocenters. The predicted molar refractivity (Wildman–Crippen MR) is 93.5 cm³/mol. The van der Waals surface area contributed by atoms with E-state index < -0.39 is 0 Å². The van der Waals surface area contributed by atoms with Crippen LogP contribution >= 0.6 is 11.6 Å². The van der Waals surface area contributed by atoms with Crippen LogP contribution in [0.1, 0.15) is 6.42 Å². The highest BCUT2D eigenvalue weighted by Crippen LogP contribution is 2.27. The van der Waals surface area contributed by atoms with Gasteiger partial charge in [-0.05, 0) is 48.5 Å². The van der Waals surface area contributed by atoms with Crippen molar-refractivity contribution in [2.45, 2.75) is 6.42 Å². The van der Waals surface area contributed by atoms with Crippen LogP contribution < -0.4 is 15.0 Å². The second kappa shape index (κ2) is 6.93. The third-order valence-corrected chi connectivity index (χ3v) is 4.24. The minimum absolute atomic E-state index is 0.0589. The lowest BCUT2D eigenvalue weighted by molar-refractivity contribution is -0.122. The monoisotopic (exact) mass is 344 g/mol. The van der Waals surface area contributed by atoms with Crippen LogP contribution in [-0.4, -0.2) is 25.5 Å². The number of carbonyl (C=O) groups is 2. The minimum atomic E-state index is -0.379. The average Bonchev–Trinajstić information content (AvgIpc) is 2.99. The maximum Gasteiger partial charge on any atom is 0.229 e. The summed E-state index contributed by atoms with van der Waals surface area (Å²) in [6.07, 6.45) is 0.200. The van der Waals surface area contributed by atoms with E-state index in [2.05, 4.69) is 5.32 Å². The van der Waals surface area contributed by atoms with Gasteiger partial charge < -0.3 is 15.0 Å². The molecule has 3 rings (SSSR count). The molecule has 2 aromatic rings. The Morgan fingerprint density at radius 1 is 1.17 bits per heavy atom. The molecule has 0 spiro atoms. The van der Waals surface area contributed by atoms with E-state index in [-0.39, 0.29) is 24.2 Å². The number of methoxy groups -OCH3 is 1. The minimum Gasteiger partial charge on any atom is -0.497 e. The van der Waals surface area contributed by atoms with Crippen molar-refractivity contribution in [3.63, 3.8) is 0 Å². The van der Waals surface area contributed by atoms with Crippen molar-refractivity contribution in [1.82, 2.24) is 0 Å². The van der Waals surface area contributed by atoms with Gasteiger partial charge in [-0.1, -0.05) is 11.6 Å². The molecule has 0 aromatic heterocycles. The highest BCUT2D eigenvalue weighted by molar-refractivity contribution is 6.30. The molecular formula is C18H17ClN2O3. The van der Waals surface area contributed by atoms with Crippen LogP contribution in [0.5, 0.6) is 5.75 Å². The number of ether oxygens (including phenoxy) is 1. The SMILES string of the molecule is COc1ccc(N2C[C@@H](C(=O)Nc3ccc(Cl)cc3)CC2=O)cc1. The van der Waals surface area contributed by atoms with Crippen molar-refractivity contribution in [3.05, 3.63) is 53.6 Å². The molecule has 1 fully saturated rings. The lowest BCUT2D eigenvalue weighted by atomic mass is 10.1. The zero-order valence-electron chi connectivity index (χ0n) is 13.2. The van der Waals surface area contributed by atoms with E-state index in [4.69, 9.17) is 16.3 Å². The zero-order chi connectivity index (χ0) is 17.1. The Kier molecular flexibility index (Phi) is 4.71. The first-order valence-electron chi connectivity index (χ1n) is 7.57. The van der Waals surface area contributed by atoms with Crippen LogP contribution in [0.3, 0.4) is 0 Å². The Bertz CT molecular complexity index is 744. The number of nitrogens with zero attached hydrogens (tertiary/aromatic N) is 1. The molecule has 6 heteroatoms. The van der Waals surface area contributed by atoms with E-state index in [1.54, 1.807) is 48.4 Å². The Hall–Kier alpha value is -2.53. The molecule has 0 unspecified atom stereocenters. The summed E-state index contributed by atoms with van der Waals surface area (Å²) >= 11 is 5.83. The lowest BCUT2D eigenvalue weighted by Gasteiger charge is -2.17. The standard InChI is InChI=1S/C18H17ClN2O3/c1-24-16-8-6-15(7-9-16)21-11-12(10-17(21)22)18(23)20-14-4-2-13(19)3-5-14/h2-9,12H,10-11H2,1H3,(H,20,23)/t12-/m0/s1. The Morgan fingerprint density at radius 3 is 2.46 bits per heavy atom. The Morgan fingerprint density at radius 2 is 1.83 bits per heavy atom. The highest BCUT2D eigenvalue weighted by atomic mass is 35.5. The van der Waals surface area contributed by atoms with Crippen LogP contribution in [-0.2, 0) is 9.59 Å². The number of rotatable bonds is 4. The van der Waals surface area contributed by atoms with E-state index in [1.165, 1.54) is 0 Å². The molecule has 0 radical (unpaired) electrons. The van der Waals surface area contributed by atoms with Gasteiger partial charge >= 0.3 is 0 Å². The topological polar surface area (TPSA) is 58.6 Å². The highest BCUT2D eigenvalue weighted by Gasteiger charge is 2.35. The molecule has 124 valence electrons. The predicted octanol–water partition coefficient (Wildman–Crippen LogP) is 3.34. The van der Waals surface area contributed by atoms with Gasteiger partial charge in [0.2, 0.25) is 11.8 Å². The van der Waals surface area contributed by atoms with Crippen LogP contribution in [0.2, 0.25) is 5.02 Å². The van der Waals surface area contributed by atoms with Gasteiger partial charge in [-0.15, -0.1) is 0 Å². The van der Waals surface area contributed by atoms with E-state index in [0.29, 0.717) is 17.3 Å². The zero-order valence-corrected chi connectivity index (χ0v) is 13.9. The first-order chi connectivity index (χ1) is 11.6. The van der Waals surface area contributed by atoms with Crippen LogP contribution in [0, 0.1) is 5.92 Å². The lowest BCUT2D eigenvalue weighted by Crippen LogP contribution is -2.28. The summed E-state index contributed by atoms with van der Waals surface area (Å²) in [4.78, 5) is 26.2. The molecular weight excluding hydrogens is 328 g/mol. The van der Waals surface area contributed by atoms with Crippen molar-refractivity contribution < 1.29 is 14.3 Å². The molecule has 2 amide bonds. The Balaban J connectivity index is 1.67. The maximum absolute atomic E-state index is 12.4. The summed E-state index contributed by atoms with van der Waals surface area (Å²) in [6.45, 7) is 0.366. The summed E-state index contributed by atoms with van der Waals surface area (Å²) in [5.41, 5.74) is 1.43. The first kappa shape index (κ1) is 16.3. The van der Waals surface area contributed by atoms with Gasteiger partial charge in [0.25, 0.3) is 0 Å². The molecule has 5 nitrogen and oxygen atoms in total. The normalized spacial score (nSPS) is 17.0. The summed E-state index contributed by atoms with van der Waals surface area (Å²) in [7, 11) is 1.59. The van der Waals surface area contributed by atoms with Gasteiger partial charge in [-0.25, -0.2) is 0 Å². The van der Waals surface area contributed by atoms with Crippen molar-refractivity contribution in [2.24, 2.45) is 5.92 Å². The summed E-state index contributed by atoms with van der Waals surface area (Å²) in [5, 5.41) is 3.43. The first-order valence-corrected chi connectivity index (χ1v) is 7.95. The number of benzene rings is 2. The largest absolute Gasteiger partial charge is 0.497 e. The number of nitrogens with one attached hydrogen (secondary N) is 1. The number of carbonyl (C=O) groups excluding carboxylic acids is 2. The second-order valence-corrected chi connectivity index (χ2v) is 6.04. The average molecular weight is 345 g/mol. The molecule has 1 aliphatic heterocycles. The van der Waals surface area contributed by atoms with Crippen molar-refractivity contribution in [3.8, 4) is 5.75 Å². The second-order valence-electron chi connectivity index (χ2n) is 5.60. The summed E-state index contributed by atoms with van der Waals surface area (Å²) in [6, 6.07) is 14.1. The van der Waals surface area contributed by atoms with Crippen molar-refractivity contribution >= 4 is 34.8 Å². The quantitative estimate of drug-likeness (QED) is 0.925. The van der Waals surface area contributed by atoms with Gasteiger partial charge in [0.1, 0.15) is 5.75 Å². The number of anilines is 2. The number of hydrogen-bond donors (Lipinski definition) is 1. The van der Waals surface area contributed by atoms with Crippen molar-refractivity contribution in [2.75, 3.05) is 23.9 Å².